The monoisotopic (exact) mass is 448 g/mol. The Bertz CT molecular complexity index is 995. The van der Waals surface area contributed by atoms with Gasteiger partial charge < -0.3 is 20.3 Å². The first-order valence-corrected chi connectivity index (χ1v) is 11.6. The molecule has 2 unspecified atom stereocenters. The minimum absolute atomic E-state index is 0.242. The summed E-state index contributed by atoms with van der Waals surface area (Å²) in [7, 11) is 0. The number of nitrogens with zero attached hydrogens (tertiary/aromatic N) is 2. The second-order valence-corrected chi connectivity index (χ2v) is 8.34. The molecule has 2 aromatic carbocycles. The molecule has 1 heterocycles. The number of benzene rings is 2. The van der Waals surface area contributed by atoms with Gasteiger partial charge in [0.15, 0.2) is 6.10 Å². The summed E-state index contributed by atoms with van der Waals surface area (Å²) in [6, 6.07) is 15.9. The SMILES string of the molecule is CCCCC(NC(=O)C(C)Oc1cccc(C#N)c1)C(=O)Nc1cccc(N2CCCC2)c1. The van der Waals surface area contributed by atoms with Crippen molar-refractivity contribution in [1.29, 1.82) is 5.26 Å². The number of nitriles is 1. The number of rotatable bonds is 10. The van der Waals surface area contributed by atoms with E-state index in [2.05, 4.69) is 21.6 Å². The average molecular weight is 449 g/mol. The molecule has 174 valence electrons. The lowest BCUT2D eigenvalue weighted by molar-refractivity contribution is -0.131. The van der Waals surface area contributed by atoms with E-state index in [-0.39, 0.29) is 11.8 Å². The number of hydrogen-bond acceptors (Lipinski definition) is 5. The lowest BCUT2D eigenvalue weighted by Crippen LogP contribution is -2.48. The minimum Gasteiger partial charge on any atom is -0.481 e. The van der Waals surface area contributed by atoms with E-state index in [0.717, 1.165) is 37.3 Å². The molecule has 1 aliphatic rings. The highest BCUT2D eigenvalue weighted by Gasteiger charge is 2.24. The summed E-state index contributed by atoms with van der Waals surface area (Å²) in [5.41, 5.74) is 2.27. The molecule has 7 heteroatoms. The highest BCUT2D eigenvalue weighted by atomic mass is 16.5. The molecule has 1 saturated heterocycles. The molecule has 0 aromatic heterocycles. The molecule has 0 radical (unpaired) electrons. The number of hydrogen-bond donors (Lipinski definition) is 2. The van der Waals surface area contributed by atoms with Crippen LogP contribution in [0.5, 0.6) is 5.75 Å². The topological polar surface area (TPSA) is 94.5 Å². The van der Waals surface area contributed by atoms with Crippen LogP contribution in [0.15, 0.2) is 48.5 Å². The smallest absolute Gasteiger partial charge is 0.261 e. The summed E-state index contributed by atoms with van der Waals surface area (Å²) in [4.78, 5) is 28.1. The first kappa shape index (κ1) is 24.1. The lowest BCUT2D eigenvalue weighted by atomic mass is 10.1. The van der Waals surface area contributed by atoms with Gasteiger partial charge in [-0.3, -0.25) is 9.59 Å². The number of carbonyl (C=O) groups excluding carboxylic acids is 2. The Balaban J connectivity index is 1.63. The predicted octanol–water partition coefficient (Wildman–Crippen LogP) is 4.24. The van der Waals surface area contributed by atoms with Crippen molar-refractivity contribution in [3.05, 3.63) is 54.1 Å². The van der Waals surface area contributed by atoms with E-state index in [9.17, 15) is 9.59 Å². The van der Waals surface area contributed by atoms with Gasteiger partial charge in [0.05, 0.1) is 11.6 Å². The van der Waals surface area contributed by atoms with Gasteiger partial charge in [0.2, 0.25) is 5.91 Å². The number of amides is 2. The molecule has 33 heavy (non-hydrogen) atoms. The second kappa shape index (κ2) is 11.9. The number of ether oxygens (including phenoxy) is 1. The summed E-state index contributed by atoms with van der Waals surface area (Å²) in [6.45, 7) is 5.73. The fourth-order valence-corrected chi connectivity index (χ4v) is 3.85. The van der Waals surface area contributed by atoms with Gasteiger partial charge in [-0.1, -0.05) is 31.9 Å². The molecule has 1 fully saturated rings. The van der Waals surface area contributed by atoms with Gasteiger partial charge in [0, 0.05) is 24.5 Å². The highest BCUT2D eigenvalue weighted by molar-refractivity contribution is 5.98. The summed E-state index contributed by atoms with van der Waals surface area (Å²) in [5.74, 6) is -0.182. The third-order valence-corrected chi connectivity index (χ3v) is 5.71. The third-order valence-electron chi connectivity index (χ3n) is 5.71. The van der Waals surface area contributed by atoms with E-state index < -0.39 is 12.1 Å². The van der Waals surface area contributed by atoms with Gasteiger partial charge in [-0.2, -0.15) is 5.26 Å². The van der Waals surface area contributed by atoms with E-state index in [1.807, 2.05) is 31.2 Å². The Morgan fingerprint density at radius 2 is 1.88 bits per heavy atom. The van der Waals surface area contributed by atoms with Crippen molar-refractivity contribution in [3.8, 4) is 11.8 Å². The maximum atomic E-state index is 13.0. The van der Waals surface area contributed by atoms with Crippen molar-refractivity contribution < 1.29 is 14.3 Å². The predicted molar refractivity (Wildman–Crippen MR) is 129 cm³/mol. The molecule has 0 bridgehead atoms. The van der Waals surface area contributed by atoms with E-state index in [1.165, 1.54) is 12.8 Å². The van der Waals surface area contributed by atoms with Gasteiger partial charge in [0.25, 0.3) is 5.91 Å². The van der Waals surface area contributed by atoms with E-state index >= 15 is 0 Å². The zero-order chi connectivity index (χ0) is 23.6. The summed E-state index contributed by atoms with van der Waals surface area (Å²) in [5, 5.41) is 14.8. The highest BCUT2D eigenvalue weighted by Crippen LogP contribution is 2.23. The van der Waals surface area contributed by atoms with Crippen LogP contribution in [0.3, 0.4) is 0 Å². The van der Waals surface area contributed by atoms with Gasteiger partial charge in [-0.15, -0.1) is 0 Å². The quantitative estimate of drug-likeness (QED) is 0.567. The van der Waals surface area contributed by atoms with Gasteiger partial charge in [-0.05, 0) is 62.6 Å². The molecule has 2 atom stereocenters. The largest absolute Gasteiger partial charge is 0.481 e. The van der Waals surface area contributed by atoms with Crippen LogP contribution in [-0.2, 0) is 9.59 Å². The molecular formula is C26H32N4O3. The fourth-order valence-electron chi connectivity index (χ4n) is 3.85. The van der Waals surface area contributed by atoms with Crippen LogP contribution >= 0.6 is 0 Å². The van der Waals surface area contributed by atoms with Crippen LogP contribution in [0.25, 0.3) is 0 Å². The molecule has 0 aliphatic carbocycles. The van der Waals surface area contributed by atoms with Crippen LogP contribution in [0.4, 0.5) is 11.4 Å². The number of anilines is 2. The second-order valence-electron chi connectivity index (χ2n) is 8.34. The van der Waals surface area contributed by atoms with Crippen LogP contribution < -0.4 is 20.3 Å². The first-order valence-electron chi connectivity index (χ1n) is 11.6. The summed E-state index contributed by atoms with van der Waals surface area (Å²) in [6.07, 6.45) is 3.82. The van der Waals surface area contributed by atoms with Crippen molar-refractivity contribution in [3.63, 3.8) is 0 Å². The Hall–Kier alpha value is -3.53. The van der Waals surface area contributed by atoms with Gasteiger partial charge >= 0.3 is 0 Å². The molecule has 3 rings (SSSR count). The molecule has 7 nitrogen and oxygen atoms in total. The number of carbonyl (C=O) groups is 2. The Labute approximate surface area is 195 Å². The molecule has 2 N–H and O–H groups in total. The third kappa shape index (κ3) is 6.98. The van der Waals surface area contributed by atoms with E-state index in [4.69, 9.17) is 10.00 Å². The van der Waals surface area contributed by atoms with Crippen LogP contribution in [-0.4, -0.2) is 37.0 Å². The molecule has 1 aliphatic heterocycles. The van der Waals surface area contributed by atoms with E-state index in [0.29, 0.717) is 17.7 Å². The minimum atomic E-state index is -0.811. The van der Waals surface area contributed by atoms with Gasteiger partial charge in [0.1, 0.15) is 11.8 Å². The van der Waals surface area contributed by atoms with Crippen molar-refractivity contribution >= 4 is 23.2 Å². The molecule has 2 amide bonds. The lowest BCUT2D eigenvalue weighted by Gasteiger charge is -2.22. The van der Waals surface area contributed by atoms with Crippen molar-refractivity contribution in [2.75, 3.05) is 23.3 Å². The van der Waals surface area contributed by atoms with Crippen molar-refractivity contribution in [2.24, 2.45) is 0 Å². The Morgan fingerprint density at radius 1 is 1.12 bits per heavy atom. The Morgan fingerprint density at radius 3 is 2.61 bits per heavy atom. The number of nitrogens with one attached hydrogen (secondary N) is 2. The van der Waals surface area contributed by atoms with Crippen molar-refractivity contribution in [1.82, 2.24) is 5.32 Å². The first-order chi connectivity index (χ1) is 16.0. The Kier molecular flexibility index (Phi) is 8.71. The standard InChI is InChI=1S/C26H32N4O3/c1-3-4-13-24(29-25(31)19(2)33-23-12-7-9-20(16-23)18-27)26(32)28-21-10-8-11-22(17-21)30-14-5-6-15-30/h7-12,16-17,19,24H,3-6,13-15H2,1-2H3,(H,28,32)(H,29,31). The average Bonchev–Trinajstić information content (AvgIpc) is 3.37. The number of unbranched alkanes of at least 4 members (excludes halogenated alkanes) is 1. The van der Waals surface area contributed by atoms with Crippen LogP contribution in [0.2, 0.25) is 0 Å². The van der Waals surface area contributed by atoms with Crippen LogP contribution in [0, 0.1) is 11.3 Å². The summed E-state index contributed by atoms with van der Waals surface area (Å²) < 4.78 is 5.69. The van der Waals surface area contributed by atoms with E-state index in [1.54, 1.807) is 31.2 Å². The molecule has 0 saturated carbocycles. The fraction of sp³-hybridized carbons (Fsp3) is 0.423. The normalized spacial score (nSPS) is 14.8. The zero-order valence-electron chi connectivity index (χ0n) is 19.3. The van der Waals surface area contributed by atoms with Gasteiger partial charge in [-0.25, -0.2) is 0 Å². The van der Waals surface area contributed by atoms with Crippen LogP contribution in [0.1, 0.15) is 51.5 Å². The molecule has 0 spiro atoms. The zero-order valence-corrected chi connectivity index (χ0v) is 19.3. The maximum absolute atomic E-state index is 13.0. The maximum Gasteiger partial charge on any atom is 0.261 e. The van der Waals surface area contributed by atoms with Crippen molar-refractivity contribution in [2.45, 2.75) is 58.1 Å². The summed E-state index contributed by atoms with van der Waals surface area (Å²) >= 11 is 0. The molecule has 2 aromatic rings. The molecular weight excluding hydrogens is 416 g/mol.